The second-order valence-corrected chi connectivity index (χ2v) is 4.33. The highest BCUT2D eigenvalue weighted by atomic mass is 16.7. The number of carbonyl (C=O) groups is 2. The maximum atomic E-state index is 12.0. The lowest BCUT2D eigenvalue weighted by Gasteiger charge is -2.17. The van der Waals surface area contributed by atoms with Gasteiger partial charge in [0.1, 0.15) is 5.41 Å². The second kappa shape index (κ2) is 3.76. The Balaban J connectivity index is 2.35. The molecule has 0 saturated heterocycles. The normalized spacial score (nSPS) is 13.5. The fourth-order valence-corrected chi connectivity index (χ4v) is 1.50. The Morgan fingerprint density at radius 1 is 1.24 bits per heavy atom. The van der Waals surface area contributed by atoms with Crippen molar-refractivity contribution in [1.29, 1.82) is 0 Å². The summed E-state index contributed by atoms with van der Waals surface area (Å²) in [4.78, 5) is 23.0. The zero-order chi connectivity index (χ0) is 12.6. The zero-order valence-electron chi connectivity index (χ0n) is 9.52. The molecule has 1 N–H and O–H groups in total. The molecule has 0 bridgehead atoms. The summed E-state index contributed by atoms with van der Waals surface area (Å²) in [7, 11) is 0. The minimum atomic E-state index is -1.45. The van der Waals surface area contributed by atoms with Crippen LogP contribution in [0.1, 0.15) is 24.2 Å². The molecule has 0 amide bonds. The van der Waals surface area contributed by atoms with Crippen molar-refractivity contribution in [3.05, 3.63) is 23.8 Å². The van der Waals surface area contributed by atoms with Gasteiger partial charge in [0.15, 0.2) is 17.3 Å². The van der Waals surface area contributed by atoms with Gasteiger partial charge in [0, 0.05) is 5.56 Å². The molecule has 1 aromatic rings. The largest absolute Gasteiger partial charge is 0.481 e. The first kappa shape index (κ1) is 11.4. The average Bonchev–Trinajstić information content (AvgIpc) is 2.74. The maximum Gasteiger partial charge on any atom is 0.316 e. The first-order valence-electron chi connectivity index (χ1n) is 5.11. The number of benzene rings is 1. The number of fused-ring (bicyclic) bond motifs is 1. The monoisotopic (exact) mass is 236 g/mol. The molecule has 0 spiro atoms. The van der Waals surface area contributed by atoms with Crippen LogP contribution in [-0.2, 0) is 4.79 Å². The van der Waals surface area contributed by atoms with Crippen LogP contribution in [-0.4, -0.2) is 23.7 Å². The summed E-state index contributed by atoms with van der Waals surface area (Å²) in [6, 6.07) is 4.66. The van der Waals surface area contributed by atoms with Gasteiger partial charge in [-0.3, -0.25) is 9.59 Å². The Morgan fingerprint density at radius 2 is 1.88 bits per heavy atom. The van der Waals surface area contributed by atoms with Crippen molar-refractivity contribution in [2.24, 2.45) is 5.41 Å². The molecule has 90 valence electrons. The van der Waals surface area contributed by atoms with E-state index in [-0.39, 0.29) is 6.79 Å². The Kier molecular flexibility index (Phi) is 2.53. The van der Waals surface area contributed by atoms with E-state index >= 15 is 0 Å². The molecule has 0 radical (unpaired) electrons. The molecule has 0 aromatic heterocycles. The van der Waals surface area contributed by atoms with Crippen LogP contribution in [0.2, 0.25) is 0 Å². The number of carboxylic acids is 1. The Labute approximate surface area is 98.0 Å². The van der Waals surface area contributed by atoms with Crippen LogP contribution in [0.5, 0.6) is 11.5 Å². The number of carbonyl (C=O) groups excluding carboxylic acids is 1. The van der Waals surface area contributed by atoms with Crippen molar-refractivity contribution < 1.29 is 24.2 Å². The van der Waals surface area contributed by atoms with Gasteiger partial charge in [0.25, 0.3) is 0 Å². The highest BCUT2D eigenvalue weighted by Gasteiger charge is 2.37. The Bertz CT molecular complexity index is 490. The van der Waals surface area contributed by atoms with Gasteiger partial charge in [-0.15, -0.1) is 0 Å². The molecule has 1 aliphatic heterocycles. The predicted molar refractivity (Wildman–Crippen MR) is 58.3 cm³/mol. The van der Waals surface area contributed by atoms with Gasteiger partial charge >= 0.3 is 5.97 Å². The third-order valence-electron chi connectivity index (χ3n) is 2.74. The summed E-state index contributed by atoms with van der Waals surface area (Å²) in [5.74, 6) is -0.574. The zero-order valence-corrected chi connectivity index (χ0v) is 9.52. The average molecular weight is 236 g/mol. The lowest BCUT2D eigenvalue weighted by Crippen LogP contribution is -2.33. The Morgan fingerprint density at radius 3 is 2.53 bits per heavy atom. The number of ether oxygens (including phenoxy) is 2. The van der Waals surface area contributed by atoms with Crippen LogP contribution in [0.25, 0.3) is 0 Å². The van der Waals surface area contributed by atoms with Crippen molar-refractivity contribution in [3.8, 4) is 11.5 Å². The smallest absolute Gasteiger partial charge is 0.316 e. The van der Waals surface area contributed by atoms with E-state index in [0.29, 0.717) is 17.1 Å². The van der Waals surface area contributed by atoms with E-state index in [9.17, 15) is 9.59 Å². The molecule has 0 aliphatic carbocycles. The van der Waals surface area contributed by atoms with E-state index in [1.165, 1.54) is 19.9 Å². The van der Waals surface area contributed by atoms with Gasteiger partial charge in [0.05, 0.1) is 0 Å². The van der Waals surface area contributed by atoms with Gasteiger partial charge in [-0.2, -0.15) is 0 Å². The van der Waals surface area contributed by atoms with E-state index in [2.05, 4.69) is 0 Å². The third kappa shape index (κ3) is 1.84. The van der Waals surface area contributed by atoms with Gasteiger partial charge in [-0.25, -0.2) is 0 Å². The Hall–Kier alpha value is -2.04. The van der Waals surface area contributed by atoms with Crippen LogP contribution < -0.4 is 9.47 Å². The predicted octanol–water partition coefficient (Wildman–Crippen LogP) is 1.71. The van der Waals surface area contributed by atoms with Crippen LogP contribution in [0.4, 0.5) is 0 Å². The van der Waals surface area contributed by atoms with Crippen molar-refractivity contribution in [1.82, 2.24) is 0 Å². The number of aliphatic carboxylic acids is 1. The van der Waals surface area contributed by atoms with E-state index in [1.807, 2.05) is 0 Å². The van der Waals surface area contributed by atoms with Crippen LogP contribution in [0.15, 0.2) is 18.2 Å². The molecule has 17 heavy (non-hydrogen) atoms. The fourth-order valence-electron chi connectivity index (χ4n) is 1.50. The van der Waals surface area contributed by atoms with Crippen LogP contribution >= 0.6 is 0 Å². The second-order valence-electron chi connectivity index (χ2n) is 4.33. The number of rotatable bonds is 3. The molecular weight excluding hydrogens is 224 g/mol. The molecule has 0 atom stereocenters. The summed E-state index contributed by atoms with van der Waals surface area (Å²) >= 11 is 0. The first-order valence-corrected chi connectivity index (χ1v) is 5.11. The van der Waals surface area contributed by atoms with Gasteiger partial charge in [-0.1, -0.05) is 0 Å². The highest BCUT2D eigenvalue weighted by molar-refractivity contribution is 6.11. The molecule has 1 aliphatic rings. The third-order valence-corrected chi connectivity index (χ3v) is 2.74. The molecular formula is C12H12O5. The molecule has 1 heterocycles. The summed E-state index contributed by atoms with van der Waals surface area (Å²) in [6.07, 6.45) is 0. The van der Waals surface area contributed by atoms with Crippen LogP contribution in [0, 0.1) is 5.41 Å². The molecule has 0 fully saturated rings. The minimum Gasteiger partial charge on any atom is -0.481 e. The van der Waals surface area contributed by atoms with Gasteiger partial charge in [-0.05, 0) is 32.0 Å². The SMILES string of the molecule is CC(C)(C(=O)O)C(=O)c1ccc2c(c1)OCO2. The number of carboxylic acid groups (broad SMARTS) is 1. The maximum absolute atomic E-state index is 12.0. The lowest BCUT2D eigenvalue weighted by molar-refractivity contribution is -0.144. The molecule has 1 aromatic carbocycles. The van der Waals surface area contributed by atoms with E-state index in [0.717, 1.165) is 0 Å². The summed E-state index contributed by atoms with van der Waals surface area (Å²) in [6.45, 7) is 2.87. The lowest BCUT2D eigenvalue weighted by atomic mass is 9.84. The van der Waals surface area contributed by atoms with Crippen molar-refractivity contribution in [2.75, 3.05) is 6.79 Å². The van der Waals surface area contributed by atoms with Gasteiger partial charge in [0.2, 0.25) is 6.79 Å². The van der Waals surface area contributed by atoms with E-state index in [4.69, 9.17) is 14.6 Å². The summed E-state index contributed by atoms with van der Waals surface area (Å²) in [5.41, 5.74) is -1.14. The van der Waals surface area contributed by atoms with Crippen molar-refractivity contribution in [2.45, 2.75) is 13.8 Å². The van der Waals surface area contributed by atoms with Gasteiger partial charge < -0.3 is 14.6 Å². The molecule has 5 nitrogen and oxygen atoms in total. The first-order chi connectivity index (χ1) is 7.93. The van der Waals surface area contributed by atoms with E-state index < -0.39 is 17.2 Å². The number of hydrogen-bond donors (Lipinski definition) is 1. The van der Waals surface area contributed by atoms with Crippen molar-refractivity contribution >= 4 is 11.8 Å². The fraction of sp³-hybridized carbons (Fsp3) is 0.333. The summed E-state index contributed by atoms with van der Waals surface area (Å²) in [5, 5.41) is 8.99. The summed E-state index contributed by atoms with van der Waals surface area (Å²) < 4.78 is 10.3. The molecule has 0 saturated carbocycles. The molecule has 5 heteroatoms. The minimum absolute atomic E-state index is 0.120. The van der Waals surface area contributed by atoms with Crippen molar-refractivity contribution in [3.63, 3.8) is 0 Å². The molecule has 2 rings (SSSR count). The number of hydrogen-bond acceptors (Lipinski definition) is 4. The highest BCUT2D eigenvalue weighted by Crippen LogP contribution is 2.34. The number of Topliss-reactive ketones (excluding diaryl/α,β-unsaturated/α-hetero) is 1. The van der Waals surface area contributed by atoms with Crippen LogP contribution in [0.3, 0.4) is 0 Å². The topological polar surface area (TPSA) is 72.8 Å². The molecule has 0 unspecified atom stereocenters. The van der Waals surface area contributed by atoms with E-state index in [1.54, 1.807) is 12.1 Å². The number of ketones is 1. The quantitative estimate of drug-likeness (QED) is 0.638. The standard InChI is InChI=1S/C12H12O5/c1-12(2,11(14)15)10(13)7-3-4-8-9(5-7)17-6-16-8/h3-5H,6H2,1-2H3,(H,14,15).